The zero-order valence-electron chi connectivity index (χ0n) is 14.7. The van der Waals surface area contributed by atoms with Crippen LogP contribution in [0.1, 0.15) is 24.0 Å². The van der Waals surface area contributed by atoms with Gasteiger partial charge in [0.05, 0.1) is 12.4 Å². The first-order valence-electron chi connectivity index (χ1n) is 8.38. The monoisotopic (exact) mass is 377 g/mol. The van der Waals surface area contributed by atoms with Gasteiger partial charge < -0.3 is 10.1 Å². The maximum absolute atomic E-state index is 12.0. The predicted molar refractivity (Wildman–Crippen MR) is 108 cm³/mol. The van der Waals surface area contributed by atoms with Crippen LogP contribution in [0.25, 0.3) is 0 Å². The number of halogens is 1. The van der Waals surface area contributed by atoms with Crippen molar-refractivity contribution in [3.05, 3.63) is 58.6 Å². The first-order chi connectivity index (χ1) is 12.0. The fourth-order valence-electron chi connectivity index (χ4n) is 2.25. The number of nitrogens with one attached hydrogen (secondary N) is 1. The molecule has 0 aliphatic heterocycles. The lowest BCUT2D eigenvalue weighted by molar-refractivity contribution is -0.113. The van der Waals surface area contributed by atoms with Gasteiger partial charge in [-0.15, -0.1) is 0 Å². The number of rotatable bonds is 9. The van der Waals surface area contributed by atoms with Crippen LogP contribution in [-0.4, -0.2) is 24.0 Å². The molecule has 0 saturated carbocycles. The quantitative estimate of drug-likeness (QED) is 0.587. The fourth-order valence-corrected chi connectivity index (χ4v) is 3.29. The molecule has 134 valence electrons. The van der Waals surface area contributed by atoms with E-state index in [1.54, 1.807) is 17.8 Å². The Bertz CT molecular complexity index is 689. The molecule has 5 heteroatoms. The standard InChI is InChI=1S/C20H24ClNO2S/c1-15-5-8-18(9-6-15)24-11-3-4-12-25-14-20(23)22-19-10-7-17(21)13-16(19)2/h5-10,13H,3-4,11-12,14H2,1-2H3,(H,22,23). The van der Waals surface area contributed by atoms with Crippen LogP contribution in [0.2, 0.25) is 5.02 Å². The summed E-state index contributed by atoms with van der Waals surface area (Å²) in [6, 6.07) is 13.5. The van der Waals surface area contributed by atoms with E-state index in [1.165, 1.54) is 5.56 Å². The highest BCUT2D eigenvalue weighted by Gasteiger charge is 2.05. The number of hydrogen-bond donors (Lipinski definition) is 1. The maximum Gasteiger partial charge on any atom is 0.234 e. The Labute approximate surface area is 159 Å². The Kier molecular flexibility index (Phi) is 8.16. The molecule has 0 radical (unpaired) electrons. The summed E-state index contributed by atoms with van der Waals surface area (Å²) in [6.07, 6.45) is 2.02. The third kappa shape index (κ3) is 7.41. The first kappa shape index (κ1) is 19.7. The molecular formula is C20H24ClNO2S. The Morgan fingerprint density at radius 3 is 2.60 bits per heavy atom. The minimum absolute atomic E-state index is 0.0197. The van der Waals surface area contributed by atoms with Crippen molar-refractivity contribution in [3.8, 4) is 5.75 Å². The molecule has 0 spiro atoms. The van der Waals surface area contributed by atoms with Gasteiger partial charge in [-0.3, -0.25) is 4.79 Å². The van der Waals surface area contributed by atoms with Gasteiger partial charge in [0.1, 0.15) is 5.75 Å². The third-order valence-corrected chi connectivity index (χ3v) is 4.95. The average molecular weight is 378 g/mol. The molecule has 0 aliphatic carbocycles. The van der Waals surface area contributed by atoms with Crippen LogP contribution in [0.3, 0.4) is 0 Å². The zero-order chi connectivity index (χ0) is 18.1. The average Bonchev–Trinajstić information content (AvgIpc) is 2.58. The fraction of sp³-hybridized carbons (Fsp3) is 0.350. The summed E-state index contributed by atoms with van der Waals surface area (Å²) in [6.45, 7) is 4.70. The molecule has 25 heavy (non-hydrogen) atoms. The van der Waals surface area contributed by atoms with Gasteiger partial charge >= 0.3 is 0 Å². The van der Waals surface area contributed by atoms with Crippen LogP contribution in [0.4, 0.5) is 5.69 Å². The Hall–Kier alpha value is -1.65. The molecular weight excluding hydrogens is 354 g/mol. The highest BCUT2D eigenvalue weighted by atomic mass is 35.5. The topological polar surface area (TPSA) is 38.3 Å². The highest BCUT2D eigenvalue weighted by molar-refractivity contribution is 7.99. The van der Waals surface area contributed by atoms with Crippen LogP contribution in [0.5, 0.6) is 5.75 Å². The van der Waals surface area contributed by atoms with Gasteiger partial charge in [-0.05, 0) is 68.3 Å². The predicted octanol–water partition coefficient (Wildman–Crippen LogP) is 5.49. The summed E-state index contributed by atoms with van der Waals surface area (Å²) < 4.78 is 5.69. The number of ether oxygens (including phenoxy) is 1. The minimum atomic E-state index is 0.0197. The van der Waals surface area contributed by atoms with Crippen molar-refractivity contribution in [2.24, 2.45) is 0 Å². The summed E-state index contributed by atoms with van der Waals surface area (Å²) in [5.41, 5.74) is 3.02. The first-order valence-corrected chi connectivity index (χ1v) is 9.91. The summed E-state index contributed by atoms with van der Waals surface area (Å²) in [5, 5.41) is 3.60. The van der Waals surface area contributed by atoms with E-state index in [2.05, 4.69) is 12.2 Å². The highest BCUT2D eigenvalue weighted by Crippen LogP contribution is 2.20. The largest absolute Gasteiger partial charge is 0.494 e. The van der Waals surface area contributed by atoms with Gasteiger partial charge in [-0.2, -0.15) is 11.8 Å². The molecule has 0 saturated heterocycles. The summed E-state index contributed by atoms with van der Waals surface area (Å²) in [4.78, 5) is 12.0. The number of amides is 1. The summed E-state index contributed by atoms with van der Waals surface area (Å²) in [5.74, 6) is 2.34. The number of aryl methyl sites for hydroxylation is 2. The van der Waals surface area contributed by atoms with E-state index in [9.17, 15) is 4.79 Å². The smallest absolute Gasteiger partial charge is 0.234 e. The molecule has 0 aliphatic rings. The number of carbonyl (C=O) groups is 1. The number of benzene rings is 2. The second-order valence-electron chi connectivity index (χ2n) is 5.93. The number of hydrogen-bond acceptors (Lipinski definition) is 3. The van der Waals surface area contributed by atoms with E-state index >= 15 is 0 Å². The summed E-state index contributed by atoms with van der Waals surface area (Å²) >= 11 is 7.56. The number of anilines is 1. The normalized spacial score (nSPS) is 10.5. The number of carbonyl (C=O) groups excluding carboxylic acids is 1. The zero-order valence-corrected chi connectivity index (χ0v) is 16.3. The van der Waals surface area contributed by atoms with E-state index in [0.29, 0.717) is 17.4 Å². The lowest BCUT2D eigenvalue weighted by Gasteiger charge is -2.09. The van der Waals surface area contributed by atoms with Gasteiger partial charge in [0, 0.05) is 10.7 Å². The van der Waals surface area contributed by atoms with Crippen molar-refractivity contribution >= 4 is 35.0 Å². The molecule has 0 atom stereocenters. The lowest BCUT2D eigenvalue weighted by atomic mass is 10.2. The molecule has 0 bridgehead atoms. The maximum atomic E-state index is 12.0. The van der Waals surface area contributed by atoms with E-state index in [0.717, 1.165) is 35.6 Å². The lowest BCUT2D eigenvalue weighted by Crippen LogP contribution is -2.15. The van der Waals surface area contributed by atoms with Crippen molar-refractivity contribution in [2.45, 2.75) is 26.7 Å². The molecule has 2 rings (SSSR count). The Morgan fingerprint density at radius 2 is 1.88 bits per heavy atom. The molecule has 1 amide bonds. The van der Waals surface area contributed by atoms with Crippen molar-refractivity contribution in [1.82, 2.24) is 0 Å². The Balaban J connectivity index is 1.55. The van der Waals surface area contributed by atoms with Gasteiger partial charge in [0.25, 0.3) is 0 Å². The molecule has 2 aromatic carbocycles. The van der Waals surface area contributed by atoms with Crippen molar-refractivity contribution in [3.63, 3.8) is 0 Å². The third-order valence-electron chi connectivity index (χ3n) is 3.67. The van der Waals surface area contributed by atoms with Gasteiger partial charge in [-0.25, -0.2) is 0 Å². The van der Waals surface area contributed by atoms with Gasteiger partial charge in [0.2, 0.25) is 5.91 Å². The van der Waals surface area contributed by atoms with Crippen LogP contribution >= 0.6 is 23.4 Å². The molecule has 0 aromatic heterocycles. The molecule has 2 aromatic rings. The molecule has 0 unspecified atom stereocenters. The molecule has 1 N–H and O–H groups in total. The number of thioether (sulfide) groups is 1. The van der Waals surface area contributed by atoms with E-state index < -0.39 is 0 Å². The van der Waals surface area contributed by atoms with Crippen molar-refractivity contribution < 1.29 is 9.53 Å². The van der Waals surface area contributed by atoms with Crippen molar-refractivity contribution in [2.75, 3.05) is 23.4 Å². The van der Waals surface area contributed by atoms with E-state index in [4.69, 9.17) is 16.3 Å². The molecule has 0 fully saturated rings. The van der Waals surface area contributed by atoms with Gasteiger partial charge in [0.15, 0.2) is 0 Å². The summed E-state index contributed by atoms with van der Waals surface area (Å²) in [7, 11) is 0. The van der Waals surface area contributed by atoms with Crippen LogP contribution in [0.15, 0.2) is 42.5 Å². The van der Waals surface area contributed by atoms with Crippen LogP contribution in [0, 0.1) is 13.8 Å². The minimum Gasteiger partial charge on any atom is -0.494 e. The van der Waals surface area contributed by atoms with Gasteiger partial charge in [-0.1, -0.05) is 29.3 Å². The molecule has 0 heterocycles. The van der Waals surface area contributed by atoms with Crippen LogP contribution in [-0.2, 0) is 4.79 Å². The second kappa shape index (κ2) is 10.4. The van der Waals surface area contributed by atoms with Crippen LogP contribution < -0.4 is 10.1 Å². The van der Waals surface area contributed by atoms with Crippen molar-refractivity contribution in [1.29, 1.82) is 0 Å². The second-order valence-corrected chi connectivity index (χ2v) is 7.47. The SMILES string of the molecule is Cc1ccc(OCCCCSCC(=O)Nc2ccc(Cl)cc2C)cc1. The van der Waals surface area contributed by atoms with E-state index in [1.807, 2.05) is 43.3 Å². The molecule has 3 nitrogen and oxygen atoms in total. The number of unbranched alkanes of at least 4 members (excludes halogenated alkanes) is 1. The van der Waals surface area contributed by atoms with E-state index in [-0.39, 0.29) is 5.91 Å². The Morgan fingerprint density at radius 1 is 1.12 bits per heavy atom.